The minimum Gasteiger partial charge on any atom is -0.491 e. The van der Waals surface area contributed by atoms with Crippen molar-refractivity contribution in [3.63, 3.8) is 0 Å². The summed E-state index contributed by atoms with van der Waals surface area (Å²) in [5.74, 6) is 0.911. The quantitative estimate of drug-likeness (QED) is 0.420. The molecular formula is C14H23IO2Si. The maximum atomic E-state index is 6.05. The molecule has 18 heavy (non-hydrogen) atoms. The molecule has 0 spiro atoms. The molecule has 0 amide bonds. The van der Waals surface area contributed by atoms with Crippen LogP contribution in [0.25, 0.3) is 0 Å². The number of hydrogen-bond donors (Lipinski definition) is 0. The van der Waals surface area contributed by atoms with Crippen LogP contribution in [0.1, 0.15) is 20.8 Å². The van der Waals surface area contributed by atoms with Crippen LogP contribution >= 0.6 is 22.6 Å². The molecule has 0 saturated carbocycles. The average Bonchev–Trinajstić information content (AvgIpc) is 2.25. The largest absolute Gasteiger partial charge is 0.491 e. The van der Waals surface area contributed by atoms with E-state index in [1.807, 2.05) is 24.3 Å². The SMILES string of the molecule is CC(C)(C)[Si](C)(C)OCCOc1ccc(I)cc1. The van der Waals surface area contributed by atoms with Crippen LogP contribution in [0.15, 0.2) is 24.3 Å². The number of hydrogen-bond acceptors (Lipinski definition) is 2. The standard InChI is InChI=1S/C14H23IO2Si/c1-14(2,3)18(4,5)17-11-10-16-13-8-6-12(15)7-9-13/h6-9H,10-11H2,1-5H3. The van der Waals surface area contributed by atoms with Gasteiger partial charge in [-0.05, 0) is 65.0 Å². The van der Waals surface area contributed by atoms with Gasteiger partial charge < -0.3 is 9.16 Å². The fraction of sp³-hybridized carbons (Fsp3) is 0.571. The molecule has 1 aromatic rings. The molecule has 0 aromatic heterocycles. The van der Waals surface area contributed by atoms with Gasteiger partial charge in [0.1, 0.15) is 12.4 Å². The highest BCUT2D eigenvalue weighted by molar-refractivity contribution is 14.1. The van der Waals surface area contributed by atoms with Crippen LogP contribution in [0.5, 0.6) is 5.75 Å². The zero-order valence-electron chi connectivity index (χ0n) is 11.9. The molecule has 0 aliphatic carbocycles. The first-order valence-electron chi connectivity index (χ1n) is 6.25. The van der Waals surface area contributed by atoms with Crippen LogP contribution in [0.2, 0.25) is 18.1 Å². The van der Waals surface area contributed by atoms with E-state index in [9.17, 15) is 0 Å². The number of halogens is 1. The van der Waals surface area contributed by atoms with Crippen molar-refractivity contribution >= 4 is 30.9 Å². The Balaban J connectivity index is 2.33. The molecule has 2 nitrogen and oxygen atoms in total. The first-order valence-corrected chi connectivity index (χ1v) is 10.2. The van der Waals surface area contributed by atoms with Gasteiger partial charge in [-0.3, -0.25) is 0 Å². The third-order valence-electron chi connectivity index (χ3n) is 3.43. The van der Waals surface area contributed by atoms with Gasteiger partial charge in [-0.2, -0.15) is 0 Å². The van der Waals surface area contributed by atoms with Crippen LogP contribution in [-0.4, -0.2) is 21.5 Å². The average molecular weight is 378 g/mol. The van der Waals surface area contributed by atoms with E-state index in [0.29, 0.717) is 13.2 Å². The van der Waals surface area contributed by atoms with Gasteiger partial charge in [0.05, 0.1) is 6.61 Å². The van der Waals surface area contributed by atoms with Crippen molar-refractivity contribution in [2.45, 2.75) is 38.9 Å². The maximum absolute atomic E-state index is 6.05. The molecule has 0 heterocycles. The van der Waals surface area contributed by atoms with Crippen molar-refractivity contribution in [1.82, 2.24) is 0 Å². The molecule has 0 radical (unpaired) electrons. The Morgan fingerprint density at radius 3 is 2.11 bits per heavy atom. The summed E-state index contributed by atoms with van der Waals surface area (Å²) in [7, 11) is -1.63. The lowest BCUT2D eigenvalue weighted by atomic mass is 10.2. The Bertz CT molecular complexity index is 368. The molecule has 0 unspecified atom stereocenters. The van der Waals surface area contributed by atoms with E-state index < -0.39 is 8.32 Å². The molecule has 1 aromatic carbocycles. The van der Waals surface area contributed by atoms with E-state index in [-0.39, 0.29) is 5.04 Å². The Labute approximate surface area is 125 Å². The van der Waals surface area contributed by atoms with Crippen molar-refractivity contribution in [2.75, 3.05) is 13.2 Å². The molecule has 4 heteroatoms. The summed E-state index contributed by atoms with van der Waals surface area (Å²) in [6, 6.07) is 8.08. The van der Waals surface area contributed by atoms with Gasteiger partial charge in [-0.15, -0.1) is 0 Å². The van der Waals surface area contributed by atoms with Gasteiger partial charge >= 0.3 is 0 Å². The second-order valence-electron chi connectivity index (χ2n) is 5.91. The first-order chi connectivity index (χ1) is 8.22. The van der Waals surface area contributed by atoms with Crippen molar-refractivity contribution in [3.8, 4) is 5.75 Å². The first kappa shape index (κ1) is 16.0. The summed E-state index contributed by atoms with van der Waals surface area (Å²) in [6.07, 6.45) is 0. The van der Waals surface area contributed by atoms with Gasteiger partial charge in [-0.25, -0.2) is 0 Å². The fourth-order valence-corrected chi connectivity index (χ4v) is 2.59. The zero-order chi connectivity index (χ0) is 13.8. The van der Waals surface area contributed by atoms with Gasteiger partial charge in [0, 0.05) is 3.57 Å². The Kier molecular flexibility index (Phi) is 5.67. The molecule has 0 saturated heterocycles. The Hall–Kier alpha value is -0.0731. The third-order valence-corrected chi connectivity index (χ3v) is 8.69. The summed E-state index contributed by atoms with van der Waals surface area (Å²) >= 11 is 2.29. The minimum absolute atomic E-state index is 0.260. The highest BCUT2D eigenvalue weighted by Gasteiger charge is 2.36. The fourth-order valence-electron chi connectivity index (χ4n) is 1.20. The molecule has 0 bridgehead atoms. The van der Waals surface area contributed by atoms with E-state index in [0.717, 1.165) is 5.75 Å². The van der Waals surface area contributed by atoms with Gasteiger partial charge in [0.2, 0.25) is 0 Å². The lowest BCUT2D eigenvalue weighted by molar-refractivity contribution is 0.203. The zero-order valence-corrected chi connectivity index (χ0v) is 15.1. The molecule has 0 N–H and O–H groups in total. The molecular weight excluding hydrogens is 355 g/mol. The second-order valence-corrected chi connectivity index (χ2v) is 12.0. The van der Waals surface area contributed by atoms with Crippen LogP contribution < -0.4 is 4.74 Å². The van der Waals surface area contributed by atoms with Gasteiger partial charge in [-0.1, -0.05) is 20.8 Å². The second kappa shape index (κ2) is 6.39. The minimum atomic E-state index is -1.63. The van der Waals surface area contributed by atoms with Gasteiger partial charge in [0.15, 0.2) is 8.32 Å². The van der Waals surface area contributed by atoms with Crippen molar-refractivity contribution in [1.29, 1.82) is 0 Å². The highest BCUT2D eigenvalue weighted by Crippen LogP contribution is 2.36. The summed E-state index contributed by atoms with van der Waals surface area (Å²) in [4.78, 5) is 0. The van der Waals surface area contributed by atoms with Crippen LogP contribution in [0.4, 0.5) is 0 Å². The Morgan fingerprint density at radius 1 is 1.06 bits per heavy atom. The smallest absolute Gasteiger partial charge is 0.192 e. The topological polar surface area (TPSA) is 18.5 Å². The lowest BCUT2D eigenvalue weighted by Gasteiger charge is -2.36. The van der Waals surface area contributed by atoms with Gasteiger partial charge in [0.25, 0.3) is 0 Å². The molecule has 0 atom stereocenters. The van der Waals surface area contributed by atoms with Crippen molar-refractivity contribution in [2.24, 2.45) is 0 Å². The predicted molar refractivity (Wildman–Crippen MR) is 87.8 cm³/mol. The van der Waals surface area contributed by atoms with Crippen molar-refractivity contribution < 1.29 is 9.16 Å². The molecule has 0 aliphatic rings. The van der Waals surface area contributed by atoms with E-state index in [2.05, 4.69) is 56.5 Å². The highest BCUT2D eigenvalue weighted by atomic mass is 127. The van der Waals surface area contributed by atoms with Crippen LogP contribution in [0.3, 0.4) is 0 Å². The van der Waals surface area contributed by atoms with E-state index in [1.165, 1.54) is 3.57 Å². The predicted octanol–water partition coefficient (Wildman–Crippen LogP) is 4.69. The van der Waals surface area contributed by atoms with E-state index in [4.69, 9.17) is 9.16 Å². The van der Waals surface area contributed by atoms with E-state index in [1.54, 1.807) is 0 Å². The third kappa shape index (κ3) is 4.89. The molecule has 1 rings (SSSR count). The summed E-state index contributed by atoms with van der Waals surface area (Å²) in [6.45, 7) is 12.6. The summed E-state index contributed by atoms with van der Waals surface area (Å²) in [5, 5.41) is 0.260. The number of ether oxygens (including phenoxy) is 1. The monoisotopic (exact) mass is 378 g/mol. The summed E-state index contributed by atoms with van der Waals surface area (Å²) < 4.78 is 12.9. The normalized spacial score (nSPS) is 12.6. The Morgan fingerprint density at radius 2 is 1.61 bits per heavy atom. The number of rotatable bonds is 5. The molecule has 0 fully saturated rings. The molecule has 0 aliphatic heterocycles. The van der Waals surface area contributed by atoms with Crippen LogP contribution in [-0.2, 0) is 4.43 Å². The molecule has 102 valence electrons. The summed E-state index contributed by atoms with van der Waals surface area (Å²) in [5.41, 5.74) is 0. The maximum Gasteiger partial charge on any atom is 0.192 e. The van der Waals surface area contributed by atoms with Crippen molar-refractivity contribution in [3.05, 3.63) is 27.8 Å². The van der Waals surface area contributed by atoms with E-state index >= 15 is 0 Å². The van der Waals surface area contributed by atoms with Crippen LogP contribution in [0, 0.1) is 3.57 Å². The number of benzene rings is 1. The lowest BCUT2D eigenvalue weighted by Crippen LogP contribution is -2.41.